The molecule has 0 aromatic heterocycles. The summed E-state index contributed by atoms with van der Waals surface area (Å²) in [5, 5.41) is 8.70. The van der Waals surface area contributed by atoms with Crippen molar-refractivity contribution in [2.45, 2.75) is 39.7 Å². The van der Waals surface area contributed by atoms with Crippen LogP contribution in [0.3, 0.4) is 0 Å². The van der Waals surface area contributed by atoms with Crippen LogP contribution in [-0.4, -0.2) is 55.0 Å². The molecular weight excluding hydrogens is 242 g/mol. The van der Waals surface area contributed by atoms with Crippen LogP contribution in [-0.2, 0) is 14.6 Å². The van der Waals surface area contributed by atoms with E-state index in [1.54, 1.807) is 0 Å². The Kier molecular flexibility index (Phi) is 7.38. The van der Waals surface area contributed by atoms with Crippen LogP contribution in [0.2, 0.25) is 0 Å². The standard InChI is InChI=1S/C11H23NO4S/c1-4-7-17(15,16)8-6-12(5-2)10(3)9-11(13)14/h10H,4-9H2,1-3H3,(H,13,14). The molecule has 0 bridgehead atoms. The van der Waals surface area contributed by atoms with Crippen LogP contribution in [0.5, 0.6) is 0 Å². The van der Waals surface area contributed by atoms with Crippen molar-refractivity contribution in [3.8, 4) is 0 Å². The van der Waals surface area contributed by atoms with Crippen LogP contribution in [0.15, 0.2) is 0 Å². The molecule has 0 saturated heterocycles. The minimum Gasteiger partial charge on any atom is -0.481 e. The summed E-state index contributed by atoms with van der Waals surface area (Å²) in [5.74, 6) is -0.538. The Morgan fingerprint density at radius 3 is 2.29 bits per heavy atom. The van der Waals surface area contributed by atoms with Crippen molar-refractivity contribution in [1.82, 2.24) is 4.90 Å². The molecule has 5 nitrogen and oxygen atoms in total. The Morgan fingerprint density at radius 2 is 1.88 bits per heavy atom. The average molecular weight is 265 g/mol. The normalized spacial score (nSPS) is 13.9. The highest BCUT2D eigenvalue weighted by molar-refractivity contribution is 7.91. The fourth-order valence-corrected chi connectivity index (χ4v) is 3.08. The maximum atomic E-state index is 11.6. The van der Waals surface area contributed by atoms with E-state index in [1.807, 2.05) is 25.7 Å². The van der Waals surface area contributed by atoms with E-state index >= 15 is 0 Å². The van der Waals surface area contributed by atoms with Gasteiger partial charge in [0.2, 0.25) is 0 Å². The Bertz CT molecular complexity index is 326. The van der Waals surface area contributed by atoms with E-state index in [4.69, 9.17) is 5.11 Å². The number of carboxylic acids is 1. The molecule has 0 aromatic rings. The fourth-order valence-electron chi connectivity index (χ4n) is 1.74. The molecule has 0 amide bonds. The summed E-state index contributed by atoms with van der Waals surface area (Å²) >= 11 is 0. The molecule has 0 aromatic carbocycles. The molecule has 102 valence electrons. The maximum Gasteiger partial charge on any atom is 0.304 e. The molecule has 1 N–H and O–H groups in total. The lowest BCUT2D eigenvalue weighted by atomic mass is 10.2. The van der Waals surface area contributed by atoms with Gasteiger partial charge in [-0.05, 0) is 19.9 Å². The Morgan fingerprint density at radius 1 is 1.29 bits per heavy atom. The van der Waals surface area contributed by atoms with E-state index in [2.05, 4.69) is 0 Å². The zero-order valence-electron chi connectivity index (χ0n) is 10.8. The topological polar surface area (TPSA) is 74.7 Å². The first kappa shape index (κ1) is 16.4. The van der Waals surface area contributed by atoms with Gasteiger partial charge in [-0.1, -0.05) is 13.8 Å². The minimum absolute atomic E-state index is 0.0433. The molecular formula is C11H23NO4S. The second kappa shape index (κ2) is 7.66. The number of aliphatic carboxylic acids is 1. The summed E-state index contributed by atoms with van der Waals surface area (Å²) in [5.41, 5.74) is 0. The first-order chi connectivity index (χ1) is 7.82. The molecule has 1 unspecified atom stereocenters. The molecule has 0 aliphatic carbocycles. The zero-order valence-corrected chi connectivity index (χ0v) is 11.7. The molecule has 0 aliphatic heterocycles. The van der Waals surface area contributed by atoms with Crippen LogP contribution < -0.4 is 0 Å². The average Bonchev–Trinajstić information content (AvgIpc) is 2.16. The van der Waals surface area contributed by atoms with Gasteiger partial charge in [-0.2, -0.15) is 0 Å². The SMILES string of the molecule is CCCS(=O)(=O)CCN(CC)C(C)CC(=O)O. The van der Waals surface area contributed by atoms with Crippen LogP contribution in [0.25, 0.3) is 0 Å². The highest BCUT2D eigenvalue weighted by atomic mass is 32.2. The van der Waals surface area contributed by atoms with Crippen molar-refractivity contribution in [3.05, 3.63) is 0 Å². The smallest absolute Gasteiger partial charge is 0.304 e. The third-order valence-electron chi connectivity index (χ3n) is 2.70. The number of carbonyl (C=O) groups is 1. The summed E-state index contributed by atoms with van der Waals surface area (Å²) in [6.07, 6.45) is 0.667. The van der Waals surface area contributed by atoms with Crippen molar-refractivity contribution in [2.75, 3.05) is 24.6 Å². The summed E-state index contributed by atoms with van der Waals surface area (Å²) in [4.78, 5) is 12.5. The Labute approximate surface area is 104 Å². The van der Waals surface area contributed by atoms with Gasteiger partial charge in [0.25, 0.3) is 0 Å². The van der Waals surface area contributed by atoms with E-state index in [0.29, 0.717) is 19.5 Å². The number of hydrogen-bond acceptors (Lipinski definition) is 4. The Balaban J connectivity index is 4.27. The number of nitrogens with zero attached hydrogens (tertiary/aromatic N) is 1. The second-order valence-electron chi connectivity index (χ2n) is 4.23. The first-order valence-electron chi connectivity index (χ1n) is 5.98. The van der Waals surface area contributed by atoms with Gasteiger partial charge in [0, 0.05) is 18.3 Å². The molecule has 1 atom stereocenters. The summed E-state index contributed by atoms with van der Waals surface area (Å²) in [6.45, 7) is 6.63. The third kappa shape index (κ3) is 7.33. The monoisotopic (exact) mass is 265 g/mol. The predicted octanol–water partition coefficient (Wildman–Crippen LogP) is 0.996. The lowest BCUT2D eigenvalue weighted by molar-refractivity contribution is -0.138. The molecule has 0 aliphatic rings. The maximum absolute atomic E-state index is 11.6. The summed E-state index contributed by atoms with van der Waals surface area (Å²) < 4.78 is 23.1. The summed E-state index contributed by atoms with van der Waals surface area (Å²) in [6, 6.07) is -0.130. The van der Waals surface area contributed by atoms with Gasteiger partial charge >= 0.3 is 5.97 Å². The van der Waals surface area contributed by atoms with Gasteiger partial charge in [-0.15, -0.1) is 0 Å². The van der Waals surface area contributed by atoms with E-state index < -0.39 is 15.8 Å². The Hall–Kier alpha value is -0.620. The largest absolute Gasteiger partial charge is 0.481 e. The van der Waals surface area contributed by atoms with E-state index in [-0.39, 0.29) is 24.0 Å². The molecule has 0 fully saturated rings. The highest BCUT2D eigenvalue weighted by Gasteiger charge is 2.18. The summed E-state index contributed by atoms with van der Waals surface area (Å²) in [7, 11) is -2.99. The van der Waals surface area contributed by atoms with E-state index in [1.165, 1.54) is 0 Å². The first-order valence-corrected chi connectivity index (χ1v) is 7.80. The van der Waals surface area contributed by atoms with Gasteiger partial charge in [0.05, 0.1) is 12.2 Å². The zero-order chi connectivity index (χ0) is 13.5. The molecule has 0 radical (unpaired) electrons. The fraction of sp³-hybridized carbons (Fsp3) is 0.909. The van der Waals surface area contributed by atoms with E-state index in [9.17, 15) is 13.2 Å². The molecule has 6 heteroatoms. The van der Waals surface area contributed by atoms with Gasteiger partial charge in [0.15, 0.2) is 9.84 Å². The van der Waals surface area contributed by atoms with Crippen molar-refractivity contribution < 1.29 is 18.3 Å². The van der Waals surface area contributed by atoms with Crippen LogP contribution in [0.4, 0.5) is 0 Å². The number of hydrogen-bond donors (Lipinski definition) is 1. The van der Waals surface area contributed by atoms with Crippen molar-refractivity contribution in [3.63, 3.8) is 0 Å². The molecule has 0 rings (SSSR count). The van der Waals surface area contributed by atoms with Crippen molar-refractivity contribution in [1.29, 1.82) is 0 Å². The number of carboxylic acid groups (broad SMARTS) is 1. The lowest BCUT2D eigenvalue weighted by Crippen LogP contribution is -2.38. The van der Waals surface area contributed by atoms with Crippen LogP contribution in [0.1, 0.15) is 33.6 Å². The molecule has 0 saturated carbocycles. The molecule has 17 heavy (non-hydrogen) atoms. The van der Waals surface area contributed by atoms with Crippen molar-refractivity contribution >= 4 is 15.8 Å². The van der Waals surface area contributed by atoms with Crippen LogP contribution in [0, 0.1) is 0 Å². The molecule has 0 spiro atoms. The minimum atomic E-state index is -2.99. The third-order valence-corrected chi connectivity index (χ3v) is 4.54. The lowest BCUT2D eigenvalue weighted by Gasteiger charge is -2.26. The van der Waals surface area contributed by atoms with Gasteiger partial charge in [-0.3, -0.25) is 9.69 Å². The number of sulfone groups is 1. The molecule has 0 heterocycles. The quantitative estimate of drug-likeness (QED) is 0.673. The number of rotatable bonds is 9. The second-order valence-corrected chi connectivity index (χ2v) is 6.53. The van der Waals surface area contributed by atoms with Gasteiger partial charge in [-0.25, -0.2) is 8.42 Å². The van der Waals surface area contributed by atoms with E-state index in [0.717, 1.165) is 0 Å². The highest BCUT2D eigenvalue weighted by Crippen LogP contribution is 2.05. The van der Waals surface area contributed by atoms with Gasteiger partial charge in [0.1, 0.15) is 0 Å². The van der Waals surface area contributed by atoms with Gasteiger partial charge < -0.3 is 5.11 Å². The van der Waals surface area contributed by atoms with Crippen LogP contribution >= 0.6 is 0 Å². The van der Waals surface area contributed by atoms with Crippen molar-refractivity contribution in [2.24, 2.45) is 0 Å². The predicted molar refractivity (Wildman–Crippen MR) is 67.9 cm³/mol.